The van der Waals surface area contributed by atoms with Gasteiger partial charge in [0.05, 0.1) is 15.6 Å². The van der Waals surface area contributed by atoms with Crippen LogP contribution in [-0.2, 0) is 5.75 Å². The average molecular weight is 332 g/mol. The van der Waals surface area contributed by atoms with Gasteiger partial charge < -0.3 is 4.42 Å². The van der Waals surface area contributed by atoms with Crippen molar-refractivity contribution in [2.45, 2.75) is 17.7 Å². The molecule has 0 bridgehead atoms. The molecular formula is C10H9IN2OS. The van der Waals surface area contributed by atoms with E-state index in [2.05, 4.69) is 32.6 Å². The third-order valence-electron chi connectivity index (χ3n) is 1.94. The van der Waals surface area contributed by atoms with Crippen LogP contribution >= 0.6 is 34.4 Å². The summed E-state index contributed by atoms with van der Waals surface area (Å²) < 4.78 is 6.43. The van der Waals surface area contributed by atoms with E-state index in [9.17, 15) is 0 Å². The van der Waals surface area contributed by atoms with E-state index in [1.807, 2.05) is 19.2 Å². The molecule has 2 rings (SSSR count). The number of hydrogen-bond acceptors (Lipinski definition) is 4. The summed E-state index contributed by atoms with van der Waals surface area (Å²) >= 11 is 3.90. The maximum Gasteiger partial charge on any atom is 0.116 e. The summed E-state index contributed by atoms with van der Waals surface area (Å²) in [5.74, 6) is 1.82. The molecule has 0 radical (unpaired) electrons. The van der Waals surface area contributed by atoms with Crippen LogP contribution in [0.2, 0.25) is 0 Å². The van der Waals surface area contributed by atoms with Crippen LogP contribution in [0.4, 0.5) is 0 Å². The van der Waals surface area contributed by atoms with Gasteiger partial charge in [0.15, 0.2) is 0 Å². The summed E-state index contributed by atoms with van der Waals surface area (Å²) in [6.07, 6.45) is 5.10. The lowest BCUT2D eigenvalue weighted by Crippen LogP contribution is -1.88. The largest absolute Gasteiger partial charge is 0.468 e. The van der Waals surface area contributed by atoms with E-state index in [-0.39, 0.29) is 0 Å². The molecule has 0 aliphatic heterocycles. The molecule has 2 aromatic rings. The second-order valence-electron chi connectivity index (χ2n) is 2.99. The third-order valence-corrected chi connectivity index (χ3v) is 4.10. The lowest BCUT2D eigenvalue weighted by molar-refractivity contribution is 0.527. The van der Waals surface area contributed by atoms with Crippen molar-refractivity contribution in [1.82, 2.24) is 9.97 Å². The van der Waals surface area contributed by atoms with Crippen LogP contribution in [0.1, 0.15) is 11.3 Å². The Kier molecular flexibility index (Phi) is 3.63. The predicted octanol–water partition coefficient (Wildman–Crippen LogP) is 3.27. The fourth-order valence-corrected chi connectivity index (χ4v) is 2.74. The van der Waals surface area contributed by atoms with Gasteiger partial charge in [0, 0.05) is 6.20 Å². The van der Waals surface area contributed by atoms with E-state index in [1.54, 1.807) is 24.4 Å². The van der Waals surface area contributed by atoms with Crippen LogP contribution in [0.15, 0.2) is 34.3 Å². The Morgan fingerprint density at radius 1 is 1.53 bits per heavy atom. The maximum atomic E-state index is 5.36. The highest BCUT2D eigenvalue weighted by molar-refractivity contribution is 14.1. The Morgan fingerprint density at radius 3 is 3.07 bits per heavy atom. The zero-order chi connectivity index (χ0) is 10.7. The number of halogens is 1. The minimum atomic E-state index is 0.811. The van der Waals surface area contributed by atoms with Crippen LogP contribution in [0.25, 0.3) is 0 Å². The summed E-state index contributed by atoms with van der Waals surface area (Å²) in [4.78, 5) is 8.16. The number of rotatable bonds is 3. The molecule has 2 heterocycles. The SMILES string of the molecule is Cc1ccoc1CSc1ncncc1I. The topological polar surface area (TPSA) is 38.9 Å². The Bertz CT molecular complexity index is 458. The molecule has 0 saturated carbocycles. The van der Waals surface area contributed by atoms with Crippen molar-refractivity contribution < 1.29 is 4.42 Å². The Balaban J connectivity index is 2.06. The van der Waals surface area contributed by atoms with Gasteiger partial charge in [0.25, 0.3) is 0 Å². The zero-order valence-corrected chi connectivity index (χ0v) is 11.1. The summed E-state index contributed by atoms with van der Waals surface area (Å²) in [5, 5.41) is 1.00. The van der Waals surface area contributed by atoms with Gasteiger partial charge in [-0.1, -0.05) is 11.8 Å². The van der Waals surface area contributed by atoms with E-state index in [0.29, 0.717) is 0 Å². The molecular weight excluding hydrogens is 323 g/mol. The zero-order valence-electron chi connectivity index (χ0n) is 8.11. The van der Waals surface area contributed by atoms with Gasteiger partial charge in [-0.3, -0.25) is 0 Å². The highest BCUT2D eigenvalue weighted by Gasteiger charge is 2.06. The van der Waals surface area contributed by atoms with Gasteiger partial charge >= 0.3 is 0 Å². The van der Waals surface area contributed by atoms with Crippen molar-refractivity contribution >= 4 is 34.4 Å². The molecule has 3 nitrogen and oxygen atoms in total. The minimum absolute atomic E-state index is 0.811. The smallest absolute Gasteiger partial charge is 0.116 e. The number of aromatic nitrogens is 2. The van der Waals surface area contributed by atoms with Crippen LogP contribution in [0.5, 0.6) is 0 Å². The molecule has 15 heavy (non-hydrogen) atoms. The molecule has 2 aromatic heterocycles. The summed E-state index contributed by atoms with van der Waals surface area (Å²) in [7, 11) is 0. The molecule has 0 unspecified atom stereocenters. The van der Waals surface area contributed by atoms with Gasteiger partial charge in [-0.25, -0.2) is 9.97 Å². The maximum absolute atomic E-state index is 5.36. The second-order valence-corrected chi connectivity index (χ2v) is 5.12. The fourth-order valence-electron chi connectivity index (χ4n) is 1.09. The van der Waals surface area contributed by atoms with E-state index < -0.39 is 0 Å². The number of furan rings is 1. The predicted molar refractivity (Wildman–Crippen MR) is 67.8 cm³/mol. The number of nitrogens with zero attached hydrogens (tertiary/aromatic N) is 2. The van der Waals surface area contributed by atoms with Crippen LogP contribution in [0.3, 0.4) is 0 Å². The van der Waals surface area contributed by atoms with Gasteiger partial charge in [-0.15, -0.1) is 0 Å². The molecule has 5 heteroatoms. The molecule has 0 N–H and O–H groups in total. The first-order chi connectivity index (χ1) is 7.27. The van der Waals surface area contributed by atoms with Crippen molar-refractivity contribution in [3.8, 4) is 0 Å². The highest BCUT2D eigenvalue weighted by atomic mass is 127. The van der Waals surface area contributed by atoms with Crippen LogP contribution in [0, 0.1) is 10.5 Å². The Labute approximate surface area is 106 Å². The van der Waals surface area contributed by atoms with Crippen molar-refractivity contribution in [1.29, 1.82) is 0 Å². The highest BCUT2D eigenvalue weighted by Crippen LogP contribution is 2.26. The van der Waals surface area contributed by atoms with E-state index in [1.165, 1.54) is 5.56 Å². The summed E-state index contributed by atoms with van der Waals surface area (Å²) in [6.45, 7) is 2.05. The standard InChI is InChI=1S/C10H9IN2OS/c1-7-2-3-14-9(7)5-15-10-8(11)4-12-6-13-10/h2-4,6H,5H2,1H3. The fraction of sp³-hybridized carbons (Fsp3) is 0.200. The van der Waals surface area contributed by atoms with Crippen molar-refractivity contribution in [3.05, 3.63) is 39.7 Å². The second kappa shape index (κ2) is 4.98. The van der Waals surface area contributed by atoms with Crippen LogP contribution < -0.4 is 0 Å². The monoisotopic (exact) mass is 332 g/mol. The molecule has 0 amide bonds. The van der Waals surface area contributed by atoms with Crippen LogP contribution in [-0.4, -0.2) is 9.97 Å². The molecule has 0 atom stereocenters. The molecule has 0 aliphatic carbocycles. The number of hydrogen-bond donors (Lipinski definition) is 0. The first kappa shape index (κ1) is 10.9. The molecule has 0 saturated heterocycles. The summed E-state index contributed by atoms with van der Waals surface area (Å²) in [5.41, 5.74) is 1.19. The molecule has 0 aromatic carbocycles. The molecule has 0 spiro atoms. The first-order valence-corrected chi connectivity index (χ1v) is 6.45. The van der Waals surface area contributed by atoms with E-state index >= 15 is 0 Å². The van der Waals surface area contributed by atoms with Gasteiger partial charge in [0.1, 0.15) is 17.1 Å². The van der Waals surface area contributed by atoms with Crippen molar-refractivity contribution in [2.24, 2.45) is 0 Å². The van der Waals surface area contributed by atoms with Crippen molar-refractivity contribution in [3.63, 3.8) is 0 Å². The first-order valence-electron chi connectivity index (χ1n) is 4.38. The van der Waals surface area contributed by atoms with Gasteiger partial charge in [-0.2, -0.15) is 0 Å². The van der Waals surface area contributed by atoms with Gasteiger partial charge in [0.2, 0.25) is 0 Å². The molecule has 0 aliphatic rings. The molecule has 0 fully saturated rings. The number of aryl methyl sites for hydroxylation is 1. The van der Waals surface area contributed by atoms with E-state index in [4.69, 9.17) is 4.42 Å². The minimum Gasteiger partial charge on any atom is -0.468 e. The lowest BCUT2D eigenvalue weighted by atomic mass is 10.3. The van der Waals surface area contributed by atoms with Gasteiger partial charge in [-0.05, 0) is 41.1 Å². The summed E-state index contributed by atoms with van der Waals surface area (Å²) in [6, 6.07) is 1.97. The third kappa shape index (κ3) is 2.72. The normalized spacial score (nSPS) is 10.5. The lowest BCUT2D eigenvalue weighted by Gasteiger charge is -2.01. The van der Waals surface area contributed by atoms with Crippen molar-refractivity contribution in [2.75, 3.05) is 0 Å². The molecule has 78 valence electrons. The van der Waals surface area contributed by atoms with E-state index in [0.717, 1.165) is 20.1 Å². The number of thioether (sulfide) groups is 1. The Hall–Kier alpha value is -0.560. The average Bonchev–Trinajstić information content (AvgIpc) is 2.63. The quantitative estimate of drug-likeness (QED) is 0.491. The Morgan fingerprint density at radius 2 is 2.40 bits per heavy atom.